The molecule has 100 valence electrons. The van der Waals surface area contributed by atoms with Gasteiger partial charge in [0, 0.05) is 19.8 Å². The summed E-state index contributed by atoms with van der Waals surface area (Å²) in [5.41, 5.74) is 0.953. The number of ether oxygens (including phenoxy) is 1. The Morgan fingerprint density at radius 3 is 3.00 bits per heavy atom. The van der Waals surface area contributed by atoms with Crippen molar-refractivity contribution in [1.82, 2.24) is 5.32 Å². The number of rotatable bonds is 8. The molecule has 1 N–H and O–H groups in total. The van der Waals surface area contributed by atoms with Gasteiger partial charge < -0.3 is 10.1 Å². The van der Waals surface area contributed by atoms with Crippen molar-refractivity contribution in [3.63, 3.8) is 0 Å². The average molecular weight is 316 g/mol. The number of benzene rings is 1. The van der Waals surface area contributed by atoms with Crippen LogP contribution in [0.1, 0.15) is 24.8 Å². The third-order valence-electron chi connectivity index (χ3n) is 3.04. The van der Waals surface area contributed by atoms with Crippen LogP contribution in [-0.4, -0.2) is 19.8 Å². The largest absolute Gasteiger partial charge is 0.381 e. The molecule has 1 aliphatic carbocycles. The molecule has 1 aliphatic rings. The van der Waals surface area contributed by atoms with Crippen LogP contribution in [0.5, 0.6) is 0 Å². The highest BCUT2D eigenvalue weighted by Crippen LogP contribution is 2.28. The van der Waals surface area contributed by atoms with Gasteiger partial charge in [-0.05, 0) is 59.3 Å². The van der Waals surface area contributed by atoms with E-state index < -0.39 is 0 Å². The van der Waals surface area contributed by atoms with Crippen LogP contribution in [0.2, 0.25) is 0 Å². The number of nitrogens with one attached hydrogen (secondary N) is 1. The highest BCUT2D eigenvalue weighted by molar-refractivity contribution is 9.10. The zero-order valence-electron chi connectivity index (χ0n) is 10.4. The molecule has 0 unspecified atom stereocenters. The van der Waals surface area contributed by atoms with Crippen LogP contribution in [0.4, 0.5) is 4.39 Å². The summed E-state index contributed by atoms with van der Waals surface area (Å²) in [5.74, 6) is 0.628. The molecule has 0 radical (unpaired) electrons. The Morgan fingerprint density at radius 1 is 1.39 bits per heavy atom. The summed E-state index contributed by atoms with van der Waals surface area (Å²) in [6, 6.07) is 5.11. The van der Waals surface area contributed by atoms with Crippen LogP contribution in [-0.2, 0) is 11.3 Å². The van der Waals surface area contributed by atoms with Crippen molar-refractivity contribution in [3.05, 3.63) is 34.1 Å². The monoisotopic (exact) mass is 315 g/mol. The first-order chi connectivity index (χ1) is 8.77. The van der Waals surface area contributed by atoms with Gasteiger partial charge in [-0.25, -0.2) is 4.39 Å². The van der Waals surface area contributed by atoms with Crippen LogP contribution in [0.15, 0.2) is 22.7 Å². The van der Waals surface area contributed by atoms with Crippen molar-refractivity contribution >= 4 is 15.9 Å². The van der Waals surface area contributed by atoms with E-state index in [4.69, 9.17) is 4.74 Å². The molecular formula is C14H19BrFNO. The Balaban J connectivity index is 1.55. The molecule has 0 amide bonds. The molecular weight excluding hydrogens is 297 g/mol. The fraction of sp³-hybridized carbons (Fsp3) is 0.571. The minimum absolute atomic E-state index is 0.206. The summed E-state index contributed by atoms with van der Waals surface area (Å²) < 4.78 is 19.3. The first kappa shape index (κ1) is 14.0. The van der Waals surface area contributed by atoms with Gasteiger partial charge in [0.05, 0.1) is 4.47 Å². The van der Waals surface area contributed by atoms with Gasteiger partial charge in [0.2, 0.25) is 0 Å². The fourth-order valence-corrected chi connectivity index (χ4v) is 2.15. The van der Waals surface area contributed by atoms with Gasteiger partial charge in [0.15, 0.2) is 0 Å². The summed E-state index contributed by atoms with van der Waals surface area (Å²) in [7, 11) is 0. The summed E-state index contributed by atoms with van der Waals surface area (Å²) in [5, 5.41) is 3.30. The lowest BCUT2D eigenvalue weighted by atomic mass is 10.2. The van der Waals surface area contributed by atoms with E-state index >= 15 is 0 Å². The van der Waals surface area contributed by atoms with Crippen molar-refractivity contribution in [2.75, 3.05) is 19.8 Å². The van der Waals surface area contributed by atoms with Gasteiger partial charge in [0.1, 0.15) is 5.82 Å². The quantitative estimate of drug-likeness (QED) is 0.741. The second-order valence-electron chi connectivity index (χ2n) is 4.76. The van der Waals surface area contributed by atoms with Gasteiger partial charge >= 0.3 is 0 Å². The van der Waals surface area contributed by atoms with Crippen molar-refractivity contribution < 1.29 is 9.13 Å². The lowest BCUT2D eigenvalue weighted by Gasteiger charge is -2.07. The van der Waals surface area contributed by atoms with Crippen LogP contribution in [0.3, 0.4) is 0 Å². The van der Waals surface area contributed by atoms with E-state index in [2.05, 4.69) is 21.2 Å². The van der Waals surface area contributed by atoms with Crippen molar-refractivity contribution in [2.45, 2.75) is 25.8 Å². The van der Waals surface area contributed by atoms with E-state index in [9.17, 15) is 4.39 Å². The van der Waals surface area contributed by atoms with Crippen molar-refractivity contribution in [3.8, 4) is 0 Å². The maximum atomic E-state index is 13.2. The van der Waals surface area contributed by atoms with Gasteiger partial charge in [-0.3, -0.25) is 0 Å². The predicted octanol–water partition coefficient (Wildman–Crippen LogP) is 3.49. The van der Waals surface area contributed by atoms with Gasteiger partial charge in [-0.2, -0.15) is 0 Å². The van der Waals surface area contributed by atoms with Crippen molar-refractivity contribution in [1.29, 1.82) is 0 Å². The normalized spacial score (nSPS) is 15.0. The van der Waals surface area contributed by atoms with Crippen LogP contribution >= 0.6 is 15.9 Å². The summed E-state index contributed by atoms with van der Waals surface area (Å²) in [6.07, 6.45) is 3.68. The molecule has 1 fully saturated rings. The van der Waals surface area contributed by atoms with Crippen LogP contribution < -0.4 is 5.32 Å². The molecule has 0 atom stereocenters. The van der Waals surface area contributed by atoms with E-state index in [1.54, 1.807) is 6.07 Å². The Hall–Kier alpha value is -0.450. The number of halogens is 2. The molecule has 0 bridgehead atoms. The first-order valence-electron chi connectivity index (χ1n) is 6.48. The lowest BCUT2D eigenvalue weighted by Crippen LogP contribution is -2.17. The molecule has 2 rings (SSSR count). The van der Waals surface area contributed by atoms with Gasteiger partial charge in [-0.1, -0.05) is 12.1 Å². The maximum absolute atomic E-state index is 13.2. The SMILES string of the molecule is Fc1cccc(CNCCCOCC2CC2)c1Br. The average Bonchev–Trinajstić information content (AvgIpc) is 3.17. The number of hydrogen-bond acceptors (Lipinski definition) is 2. The molecule has 1 aromatic rings. The van der Waals surface area contributed by atoms with Crippen molar-refractivity contribution in [2.24, 2.45) is 5.92 Å². The zero-order valence-corrected chi connectivity index (χ0v) is 12.0. The first-order valence-corrected chi connectivity index (χ1v) is 7.28. The molecule has 0 aromatic heterocycles. The molecule has 2 nitrogen and oxygen atoms in total. The second kappa shape index (κ2) is 7.22. The molecule has 4 heteroatoms. The zero-order chi connectivity index (χ0) is 12.8. The molecule has 0 heterocycles. The molecule has 0 aliphatic heterocycles. The summed E-state index contributed by atoms with van der Waals surface area (Å²) in [4.78, 5) is 0. The van der Waals surface area contributed by atoms with Gasteiger partial charge in [0.25, 0.3) is 0 Å². The highest BCUT2D eigenvalue weighted by Gasteiger charge is 2.20. The number of hydrogen-bond donors (Lipinski definition) is 1. The minimum Gasteiger partial charge on any atom is -0.381 e. The van der Waals surface area contributed by atoms with Gasteiger partial charge in [-0.15, -0.1) is 0 Å². The van der Waals surface area contributed by atoms with E-state index in [-0.39, 0.29) is 5.82 Å². The highest BCUT2D eigenvalue weighted by atomic mass is 79.9. The molecule has 0 saturated heterocycles. The molecule has 1 aromatic carbocycles. The van der Waals surface area contributed by atoms with E-state index in [1.807, 2.05) is 6.07 Å². The van der Waals surface area contributed by atoms with E-state index in [1.165, 1.54) is 18.9 Å². The predicted molar refractivity (Wildman–Crippen MR) is 74.0 cm³/mol. The third kappa shape index (κ3) is 4.67. The van der Waals surface area contributed by atoms with Crippen LogP contribution in [0, 0.1) is 11.7 Å². The van der Waals surface area contributed by atoms with Crippen LogP contribution in [0.25, 0.3) is 0 Å². The maximum Gasteiger partial charge on any atom is 0.137 e. The summed E-state index contributed by atoms with van der Waals surface area (Å²) in [6.45, 7) is 3.32. The molecule has 0 spiro atoms. The topological polar surface area (TPSA) is 21.3 Å². The Bertz CT molecular complexity index is 382. The Labute approximate surface area is 116 Å². The fourth-order valence-electron chi connectivity index (χ4n) is 1.74. The van der Waals surface area contributed by atoms with E-state index in [0.717, 1.165) is 37.7 Å². The van der Waals surface area contributed by atoms with E-state index in [0.29, 0.717) is 11.0 Å². The lowest BCUT2D eigenvalue weighted by molar-refractivity contribution is 0.122. The third-order valence-corrected chi connectivity index (χ3v) is 3.93. The Kier molecular flexibility index (Phi) is 5.60. The standard InChI is InChI=1S/C14H19BrFNO/c15-14-12(3-1-4-13(14)16)9-17-7-2-8-18-10-11-5-6-11/h1,3-4,11,17H,2,5-10H2. The molecule has 1 saturated carbocycles. The molecule has 18 heavy (non-hydrogen) atoms. The summed E-state index contributed by atoms with van der Waals surface area (Å²) >= 11 is 3.26. The minimum atomic E-state index is -0.206. The second-order valence-corrected chi connectivity index (χ2v) is 5.55. The Morgan fingerprint density at radius 2 is 2.22 bits per heavy atom. The smallest absolute Gasteiger partial charge is 0.137 e.